The van der Waals surface area contributed by atoms with Gasteiger partial charge < -0.3 is 9.88 Å². The molecule has 2 aromatic carbocycles. The maximum Gasteiger partial charge on any atom is 0.0501 e. The van der Waals surface area contributed by atoms with Gasteiger partial charge in [0.05, 0.1) is 5.52 Å². The van der Waals surface area contributed by atoms with Gasteiger partial charge in [-0.2, -0.15) is 0 Å². The molecule has 1 aromatic heterocycles. The van der Waals surface area contributed by atoms with Crippen molar-refractivity contribution in [1.82, 2.24) is 9.88 Å². The van der Waals surface area contributed by atoms with Gasteiger partial charge >= 0.3 is 0 Å². The van der Waals surface area contributed by atoms with Crippen LogP contribution in [0.4, 0.5) is 0 Å². The van der Waals surface area contributed by atoms with Gasteiger partial charge in [-0.1, -0.05) is 80.1 Å². The minimum absolute atomic E-state index is 0.606. The Kier molecular flexibility index (Phi) is 6.16. The lowest BCUT2D eigenvalue weighted by atomic mass is 9.96. The summed E-state index contributed by atoms with van der Waals surface area (Å²) in [5, 5.41) is 5.78. The molecule has 1 aliphatic rings. The molecule has 27 heavy (non-hydrogen) atoms. The Morgan fingerprint density at radius 2 is 1.63 bits per heavy atom. The average molecular weight is 381 g/mol. The van der Waals surface area contributed by atoms with Crippen LogP contribution in [-0.4, -0.2) is 4.57 Å². The van der Waals surface area contributed by atoms with E-state index in [9.17, 15) is 0 Å². The molecule has 0 aliphatic heterocycles. The lowest BCUT2D eigenvalue weighted by Crippen LogP contribution is -2.13. The molecule has 0 unspecified atom stereocenters. The van der Waals surface area contributed by atoms with Crippen molar-refractivity contribution in [2.45, 2.75) is 64.1 Å². The number of hydrogen-bond acceptors (Lipinski definition) is 1. The lowest BCUT2D eigenvalue weighted by Gasteiger charge is -2.22. The summed E-state index contributed by atoms with van der Waals surface area (Å²) in [6.07, 6.45) is 11.8. The van der Waals surface area contributed by atoms with Crippen LogP contribution in [0.2, 0.25) is 5.02 Å². The molecule has 142 valence electrons. The van der Waals surface area contributed by atoms with E-state index in [1.165, 1.54) is 67.0 Å². The second-order valence-corrected chi connectivity index (χ2v) is 8.25. The highest BCUT2D eigenvalue weighted by molar-refractivity contribution is 6.31. The van der Waals surface area contributed by atoms with Crippen LogP contribution < -0.4 is 5.32 Å². The van der Waals surface area contributed by atoms with Crippen molar-refractivity contribution in [3.63, 3.8) is 0 Å². The fourth-order valence-electron chi connectivity index (χ4n) is 4.39. The minimum Gasteiger partial charge on any atom is -0.344 e. The van der Waals surface area contributed by atoms with Gasteiger partial charge in [-0.25, -0.2) is 0 Å². The van der Waals surface area contributed by atoms with Crippen LogP contribution in [0.3, 0.4) is 0 Å². The highest BCUT2D eigenvalue weighted by Gasteiger charge is 2.17. The lowest BCUT2D eigenvalue weighted by molar-refractivity contribution is 0.379. The smallest absolute Gasteiger partial charge is 0.0501 e. The zero-order valence-electron chi connectivity index (χ0n) is 16.0. The molecule has 0 bridgehead atoms. The fraction of sp³-hybridized carbons (Fsp3) is 0.417. The molecule has 0 radical (unpaired) electrons. The Morgan fingerprint density at radius 1 is 0.889 bits per heavy atom. The third kappa shape index (κ3) is 4.56. The summed E-state index contributed by atoms with van der Waals surface area (Å²) in [4.78, 5) is 0. The van der Waals surface area contributed by atoms with Crippen molar-refractivity contribution < 1.29 is 0 Å². The standard InChI is InChI=1S/C24H29ClN2/c25-21-13-14-23-20(17-26-16-19-9-5-4-6-10-19)18-27(24(23)15-21)22-11-7-2-1-3-8-12-22/h4-6,9-10,13-15,18,22,26H,1-3,7-8,11-12,16-17H2. The largest absolute Gasteiger partial charge is 0.344 e. The summed E-state index contributed by atoms with van der Waals surface area (Å²) in [5.41, 5.74) is 3.99. The van der Waals surface area contributed by atoms with Gasteiger partial charge in [-0.15, -0.1) is 0 Å². The van der Waals surface area contributed by atoms with E-state index < -0.39 is 0 Å². The summed E-state index contributed by atoms with van der Waals surface area (Å²) in [5.74, 6) is 0. The van der Waals surface area contributed by atoms with Gasteiger partial charge in [0.2, 0.25) is 0 Å². The molecular weight excluding hydrogens is 352 g/mol. The number of aromatic nitrogens is 1. The maximum absolute atomic E-state index is 6.35. The van der Waals surface area contributed by atoms with Gasteiger partial charge in [-0.05, 0) is 36.1 Å². The Bertz CT molecular complexity index is 861. The third-order valence-corrected chi connectivity index (χ3v) is 6.07. The monoisotopic (exact) mass is 380 g/mol. The number of rotatable bonds is 5. The molecule has 0 atom stereocenters. The maximum atomic E-state index is 6.35. The van der Waals surface area contributed by atoms with Crippen LogP contribution in [0, 0.1) is 0 Å². The first kappa shape index (κ1) is 18.6. The molecule has 2 nitrogen and oxygen atoms in total. The molecule has 0 amide bonds. The zero-order valence-corrected chi connectivity index (χ0v) is 16.7. The van der Waals surface area contributed by atoms with Gasteiger partial charge in [0, 0.05) is 35.7 Å². The van der Waals surface area contributed by atoms with Crippen molar-refractivity contribution in [3.8, 4) is 0 Å². The van der Waals surface area contributed by atoms with Gasteiger partial charge in [0.15, 0.2) is 0 Å². The van der Waals surface area contributed by atoms with E-state index in [4.69, 9.17) is 11.6 Å². The SMILES string of the molecule is Clc1ccc2c(CNCc3ccccc3)cn(C3CCCCCCC3)c2c1. The Morgan fingerprint density at radius 3 is 2.41 bits per heavy atom. The molecule has 3 aromatic rings. The number of hydrogen-bond donors (Lipinski definition) is 1. The minimum atomic E-state index is 0.606. The van der Waals surface area contributed by atoms with Crippen molar-refractivity contribution in [1.29, 1.82) is 0 Å². The Hall–Kier alpha value is -1.77. The number of benzene rings is 2. The summed E-state index contributed by atoms with van der Waals surface area (Å²) >= 11 is 6.35. The van der Waals surface area contributed by atoms with E-state index in [1.807, 2.05) is 6.07 Å². The third-order valence-electron chi connectivity index (χ3n) is 5.83. The van der Waals surface area contributed by atoms with Gasteiger partial charge in [0.25, 0.3) is 0 Å². The summed E-state index contributed by atoms with van der Waals surface area (Å²) in [6.45, 7) is 1.78. The Balaban J connectivity index is 1.57. The molecule has 0 spiro atoms. The van der Waals surface area contributed by atoms with E-state index >= 15 is 0 Å². The molecule has 1 saturated carbocycles. The predicted octanol–water partition coefficient (Wildman–Crippen LogP) is 6.87. The normalized spacial score (nSPS) is 16.3. The van der Waals surface area contributed by atoms with Crippen LogP contribution in [0.1, 0.15) is 62.1 Å². The van der Waals surface area contributed by atoms with Crippen LogP contribution >= 0.6 is 11.6 Å². The molecule has 4 rings (SSSR count). The first-order valence-electron chi connectivity index (χ1n) is 10.3. The zero-order chi connectivity index (χ0) is 18.5. The van der Waals surface area contributed by atoms with Crippen LogP contribution in [0.5, 0.6) is 0 Å². The fourth-order valence-corrected chi connectivity index (χ4v) is 4.56. The second kappa shape index (κ2) is 8.95. The van der Waals surface area contributed by atoms with E-state index in [0.29, 0.717) is 6.04 Å². The van der Waals surface area contributed by atoms with E-state index in [1.54, 1.807) is 0 Å². The van der Waals surface area contributed by atoms with Crippen molar-refractivity contribution in [2.24, 2.45) is 0 Å². The van der Waals surface area contributed by atoms with E-state index in [2.05, 4.69) is 58.5 Å². The topological polar surface area (TPSA) is 17.0 Å². The summed E-state index contributed by atoms with van der Waals surface area (Å²) < 4.78 is 2.52. The van der Waals surface area contributed by atoms with E-state index in [0.717, 1.165) is 18.1 Å². The molecule has 3 heteroatoms. The van der Waals surface area contributed by atoms with Crippen molar-refractivity contribution in [2.75, 3.05) is 0 Å². The number of halogens is 1. The first-order valence-corrected chi connectivity index (χ1v) is 10.7. The number of nitrogens with zero attached hydrogens (tertiary/aromatic N) is 1. The van der Waals surface area contributed by atoms with E-state index in [-0.39, 0.29) is 0 Å². The highest BCUT2D eigenvalue weighted by Crippen LogP contribution is 2.33. The molecule has 1 N–H and O–H groups in total. The Labute approximate surface area is 167 Å². The predicted molar refractivity (Wildman–Crippen MR) is 115 cm³/mol. The first-order chi connectivity index (χ1) is 13.3. The second-order valence-electron chi connectivity index (χ2n) is 7.81. The van der Waals surface area contributed by atoms with Gasteiger partial charge in [0.1, 0.15) is 0 Å². The van der Waals surface area contributed by atoms with Crippen molar-refractivity contribution in [3.05, 3.63) is 70.9 Å². The molecular formula is C24H29ClN2. The summed E-state index contributed by atoms with van der Waals surface area (Å²) in [6, 6.07) is 17.6. The van der Waals surface area contributed by atoms with Crippen LogP contribution in [0.25, 0.3) is 10.9 Å². The average Bonchev–Trinajstić information content (AvgIpc) is 3.00. The highest BCUT2D eigenvalue weighted by atomic mass is 35.5. The molecule has 0 saturated heterocycles. The molecule has 1 heterocycles. The van der Waals surface area contributed by atoms with Crippen LogP contribution in [0.15, 0.2) is 54.7 Å². The van der Waals surface area contributed by atoms with Crippen molar-refractivity contribution >= 4 is 22.5 Å². The van der Waals surface area contributed by atoms with Crippen LogP contribution in [-0.2, 0) is 13.1 Å². The molecule has 1 aliphatic carbocycles. The van der Waals surface area contributed by atoms with Gasteiger partial charge in [-0.3, -0.25) is 0 Å². The molecule has 1 fully saturated rings. The number of fused-ring (bicyclic) bond motifs is 1. The quantitative estimate of drug-likeness (QED) is 0.511. The number of nitrogens with one attached hydrogen (secondary N) is 1. The summed E-state index contributed by atoms with van der Waals surface area (Å²) in [7, 11) is 0.